The second-order valence-electron chi connectivity index (χ2n) is 4.29. The van der Waals surface area contributed by atoms with E-state index in [9.17, 15) is 8.78 Å². The van der Waals surface area contributed by atoms with Gasteiger partial charge in [0.25, 0.3) is 0 Å². The second kappa shape index (κ2) is 7.48. The zero-order valence-electron chi connectivity index (χ0n) is 12.1. The second-order valence-corrected chi connectivity index (χ2v) is 4.29. The van der Waals surface area contributed by atoms with Crippen molar-refractivity contribution in [1.82, 2.24) is 10.6 Å². The fourth-order valence-electron chi connectivity index (χ4n) is 1.88. The molecular weight excluding hydrogens is 296 g/mol. The van der Waals surface area contributed by atoms with Crippen LogP contribution in [0.4, 0.5) is 8.78 Å². The summed E-state index contributed by atoms with van der Waals surface area (Å²) in [6, 6.07) is 3.00. The summed E-state index contributed by atoms with van der Waals surface area (Å²) in [5.41, 5.74) is 0.506. The number of nitrogens with one attached hydrogen (secondary N) is 2. The highest BCUT2D eigenvalue weighted by molar-refractivity contribution is 5.79. The molecule has 1 aromatic carbocycles. The van der Waals surface area contributed by atoms with E-state index in [1.807, 2.05) is 0 Å². The van der Waals surface area contributed by atoms with Crippen LogP contribution in [-0.2, 0) is 6.54 Å². The van der Waals surface area contributed by atoms with Crippen LogP contribution in [0.1, 0.15) is 5.56 Å². The number of ether oxygens (including phenoxy) is 3. The Bertz CT molecular complexity index is 565. The molecule has 0 unspecified atom stereocenters. The van der Waals surface area contributed by atoms with Crippen LogP contribution < -0.4 is 24.8 Å². The molecule has 0 saturated heterocycles. The van der Waals surface area contributed by atoms with E-state index in [1.165, 1.54) is 6.07 Å². The normalized spacial score (nSPS) is 13.2. The monoisotopic (exact) mass is 313 g/mol. The minimum atomic E-state index is -2.92. The molecule has 1 aromatic rings. The number of aliphatic imine (C=N–C) groups is 1. The topological polar surface area (TPSA) is 64.1 Å². The predicted octanol–water partition coefficient (Wildman–Crippen LogP) is 1.87. The van der Waals surface area contributed by atoms with Crippen LogP contribution in [0.2, 0.25) is 0 Å². The maximum atomic E-state index is 12.5. The summed E-state index contributed by atoms with van der Waals surface area (Å²) in [5.74, 6) is 1.42. The van der Waals surface area contributed by atoms with Gasteiger partial charge in [-0.1, -0.05) is 6.08 Å². The number of fused-ring (bicyclic) bond motifs is 1. The zero-order valence-corrected chi connectivity index (χ0v) is 12.1. The molecule has 0 atom stereocenters. The van der Waals surface area contributed by atoms with Gasteiger partial charge in [-0.15, -0.1) is 6.58 Å². The average Bonchev–Trinajstić information content (AvgIpc) is 2.94. The third-order valence-corrected chi connectivity index (χ3v) is 2.86. The molecule has 1 aliphatic rings. The highest BCUT2D eigenvalue weighted by atomic mass is 19.3. The summed E-state index contributed by atoms with van der Waals surface area (Å²) >= 11 is 0. The molecule has 1 heterocycles. The molecule has 1 aliphatic heterocycles. The Hall–Kier alpha value is -2.51. The summed E-state index contributed by atoms with van der Waals surface area (Å²) < 4.78 is 40.0. The van der Waals surface area contributed by atoms with Gasteiger partial charge in [0.15, 0.2) is 17.5 Å². The minimum absolute atomic E-state index is 0.0333. The van der Waals surface area contributed by atoms with E-state index in [2.05, 4.69) is 26.9 Å². The molecule has 6 nitrogen and oxygen atoms in total. The third-order valence-electron chi connectivity index (χ3n) is 2.86. The lowest BCUT2D eigenvalue weighted by atomic mass is 10.1. The molecule has 22 heavy (non-hydrogen) atoms. The lowest BCUT2D eigenvalue weighted by Gasteiger charge is -2.14. The average molecular weight is 313 g/mol. The molecule has 0 amide bonds. The van der Waals surface area contributed by atoms with Gasteiger partial charge in [-0.25, -0.2) is 0 Å². The van der Waals surface area contributed by atoms with Gasteiger partial charge in [-0.2, -0.15) is 8.78 Å². The Kier molecular flexibility index (Phi) is 5.40. The van der Waals surface area contributed by atoms with Gasteiger partial charge in [0.05, 0.1) is 0 Å². The highest BCUT2D eigenvalue weighted by Gasteiger charge is 2.20. The van der Waals surface area contributed by atoms with Crippen molar-refractivity contribution in [2.24, 2.45) is 4.99 Å². The number of halogens is 2. The van der Waals surface area contributed by atoms with Crippen LogP contribution in [-0.4, -0.2) is 33.0 Å². The minimum Gasteiger partial charge on any atom is -0.454 e. The van der Waals surface area contributed by atoms with E-state index in [1.54, 1.807) is 19.2 Å². The van der Waals surface area contributed by atoms with Gasteiger partial charge in [0, 0.05) is 31.8 Å². The molecule has 0 spiro atoms. The quantitative estimate of drug-likeness (QED) is 0.477. The van der Waals surface area contributed by atoms with Gasteiger partial charge in [0.2, 0.25) is 6.79 Å². The number of guanidine groups is 1. The molecule has 0 bridgehead atoms. The van der Waals surface area contributed by atoms with E-state index in [-0.39, 0.29) is 19.1 Å². The van der Waals surface area contributed by atoms with Crippen molar-refractivity contribution in [3.8, 4) is 17.2 Å². The largest absolute Gasteiger partial charge is 0.454 e. The highest BCUT2D eigenvalue weighted by Crippen LogP contribution is 2.38. The van der Waals surface area contributed by atoms with E-state index in [0.29, 0.717) is 29.6 Å². The van der Waals surface area contributed by atoms with E-state index in [0.717, 1.165) is 0 Å². The molecule has 0 aromatic heterocycles. The lowest BCUT2D eigenvalue weighted by molar-refractivity contribution is -0.0505. The van der Waals surface area contributed by atoms with Crippen LogP contribution >= 0.6 is 0 Å². The molecule has 2 N–H and O–H groups in total. The number of hydrogen-bond donors (Lipinski definition) is 2. The maximum Gasteiger partial charge on any atom is 0.387 e. The third kappa shape index (κ3) is 4.00. The van der Waals surface area contributed by atoms with Crippen LogP contribution in [0, 0.1) is 0 Å². The van der Waals surface area contributed by atoms with Gasteiger partial charge in [-0.3, -0.25) is 4.99 Å². The molecule has 2 rings (SSSR count). The smallest absolute Gasteiger partial charge is 0.387 e. The van der Waals surface area contributed by atoms with Crippen molar-refractivity contribution < 1.29 is 23.0 Å². The fourth-order valence-corrected chi connectivity index (χ4v) is 1.88. The summed E-state index contributed by atoms with van der Waals surface area (Å²) in [5, 5.41) is 5.97. The standard InChI is InChI=1S/C14H17F2N3O3/c1-3-4-18-14(17-2)19-7-9-5-11-12(21-8-20-11)6-10(9)22-13(15)16/h3,5-6,13H,1,4,7-8H2,2H3,(H2,17,18,19). The first kappa shape index (κ1) is 15.9. The summed E-state index contributed by atoms with van der Waals surface area (Å²) in [6.07, 6.45) is 1.68. The van der Waals surface area contributed by atoms with Crippen molar-refractivity contribution >= 4 is 5.96 Å². The summed E-state index contributed by atoms with van der Waals surface area (Å²) in [6.45, 7) is 1.49. The molecule has 0 aliphatic carbocycles. The Morgan fingerprint density at radius 2 is 2.14 bits per heavy atom. The van der Waals surface area contributed by atoms with Crippen LogP contribution in [0.25, 0.3) is 0 Å². The fraction of sp³-hybridized carbons (Fsp3) is 0.357. The molecule has 120 valence electrons. The van der Waals surface area contributed by atoms with Crippen LogP contribution in [0.3, 0.4) is 0 Å². The van der Waals surface area contributed by atoms with Crippen molar-refractivity contribution in [2.45, 2.75) is 13.2 Å². The van der Waals surface area contributed by atoms with Crippen molar-refractivity contribution in [3.63, 3.8) is 0 Å². The molecular formula is C14H17F2N3O3. The first-order chi connectivity index (χ1) is 10.6. The summed E-state index contributed by atoms with van der Waals surface area (Å²) in [4.78, 5) is 4.01. The SMILES string of the molecule is C=CCNC(=NC)NCc1cc2c(cc1OC(F)F)OCO2. The number of hydrogen-bond acceptors (Lipinski definition) is 4. The Morgan fingerprint density at radius 3 is 2.77 bits per heavy atom. The van der Waals surface area contributed by atoms with Gasteiger partial charge < -0.3 is 24.8 Å². The molecule has 8 heteroatoms. The van der Waals surface area contributed by atoms with Crippen molar-refractivity contribution in [3.05, 3.63) is 30.4 Å². The number of rotatable bonds is 6. The molecule has 0 radical (unpaired) electrons. The molecule has 0 saturated carbocycles. The maximum absolute atomic E-state index is 12.5. The van der Waals surface area contributed by atoms with E-state index >= 15 is 0 Å². The van der Waals surface area contributed by atoms with Crippen LogP contribution in [0.5, 0.6) is 17.2 Å². The number of nitrogens with zero attached hydrogens (tertiary/aromatic N) is 1. The van der Waals surface area contributed by atoms with Gasteiger partial charge in [-0.05, 0) is 6.07 Å². The van der Waals surface area contributed by atoms with E-state index in [4.69, 9.17) is 9.47 Å². The van der Waals surface area contributed by atoms with Crippen molar-refractivity contribution in [1.29, 1.82) is 0 Å². The lowest BCUT2D eigenvalue weighted by Crippen LogP contribution is -2.36. The van der Waals surface area contributed by atoms with Crippen LogP contribution in [0.15, 0.2) is 29.8 Å². The first-order valence-electron chi connectivity index (χ1n) is 6.56. The Balaban J connectivity index is 2.12. The Labute approximate surface area is 126 Å². The Morgan fingerprint density at radius 1 is 1.41 bits per heavy atom. The van der Waals surface area contributed by atoms with Gasteiger partial charge in [0.1, 0.15) is 5.75 Å². The van der Waals surface area contributed by atoms with Crippen molar-refractivity contribution in [2.75, 3.05) is 20.4 Å². The number of benzene rings is 1. The summed E-state index contributed by atoms with van der Waals surface area (Å²) in [7, 11) is 1.61. The first-order valence-corrected chi connectivity index (χ1v) is 6.56. The predicted molar refractivity (Wildman–Crippen MR) is 77.6 cm³/mol. The van der Waals surface area contributed by atoms with Gasteiger partial charge >= 0.3 is 6.61 Å². The zero-order chi connectivity index (χ0) is 15.9. The van der Waals surface area contributed by atoms with E-state index < -0.39 is 6.61 Å². The molecule has 0 fully saturated rings. The number of alkyl halides is 2.